The highest BCUT2D eigenvalue weighted by Gasteiger charge is 2.45. The second-order valence-electron chi connectivity index (χ2n) is 5.75. The number of fused-ring (bicyclic) bond motifs is 3. The summed E-state index contributed by atoms with van der Waals surface area (Å²) >= 11 is 0. The molecule has 3 aliphatic heterocycles. The second kappa shape index (κ2) is 4.52. The van der Waals surface area contributed by atoms with E-state index in [1.807, 2.05) is 17.9 Å². The molecule has 2 atom stereocenters. The first-order valence-electron chi connectivity index (χ1n) is 6.82. The van der Waals surface area contributed by atoms with Crippen LogP contribution < -0.4 is 9.80 Å². The molecule has 1 aromatic rings. The lowest BCUT2D eigenvalue weighted by molar-refractivity contribution is -0.117. The van der Waals surface area contributed by atoms with Crippen LogP contribution in [-0.4, -0.2) is 51.4 Å². The summed E-state index contributed by atoms with van der Waals surface area (Å²) < 4.78 is 0. The molecule has 0 aliphatic carbocycles. The van der Waals surface area contributed by atoms with Crippen LogP contribution >= 0.6 is 0 Å². The topological polar surface area (TPSA) is 26.8 Å². The van der Waals surface area contributed by atoms with E-state index in [1.165, 1.54) is 11.3 Å². The summed E-state index contributed by atoms with van der Waals surface area (Å²) in [4.78, 5) is 18.1. The van der Waals surface area contributed by atoms with E-state index in [1.54, 1.807) is 4.90 Å². The Balaban J connectivity index is 0.00000121. The average molecular weight is 269 g/mol. The van der Waals surface area contributed by atoms with Gasteiger partial charge in [-0.25, -0.2) is 0 Å². The number of carbonyl (C=O) groups excluding carboxylic acids is 1. The Morgan fingerprint density at radius 2 is 2.15 bits per heavy atom. The van der Waals surface area contributed by atoms with E-state index in [9.17, 15) is 4.79 Å². The Kier molecular flexibility index (Phi) is 3.05. The molecule has 20 heavy (non-hydrogen) atoms. The summed E-state index contributed by atoms with van der Waals surface area (Å²) in [7, 11) is 7.85. The largest absolute Gasteiger partial charge is 0.357 e. The van der Waals surface area contributed by atoms with Gasteiger partial charge >= 0.3 is 0 Å². The number of para-hydroxylation sites is 1. The molecule has 1 fully saturated rings. The number of hydrogen-bond acceptors (Lipinski definition) is 3. The lowest BCUT2D eigenvalue weighted by Gasteiger charge is -2.40. The smallest absolute Gasteiger partial charge is 0.246 e. The first kappa shape index (κ1) is 13.5. The minimum Gasteiger partial charge on any atom is -0.357 e. The summed E-state index contributed by atoms with van der Waals surface area (Å²) in [5, 5.41) is 0. The van der Waals surface area contributed by atoms with Gasteiger partial charge in [0, 0.05) is 19.0 Å². The summed E-state index contributed by atoms with van der Waals surface area (Å²) in [6.07, 6.45) is 1.03. The minimum absolute atomic E-state index is 0. The Bertz CT molecular complexity index is 562. The van der Waals surface area contributed by atoms with Gasteiger partial charge in [0.15, 0.2) is 7.98 Å². The fourth-order valence-electron chi connectivity index (χ4n) is 3.82. The predicted octanol–water partition coefficient (Wildman–Crippen LogP) is 1.36. The van der Waals surface area contributed by atoms with Crippen molar-refractivity contribution in [1.29, 1.82) is 0 Å². The Hall–Kier alpha value is -1.49. The van der Waals surface area contributed by atoms with Crippen LogP contribution in [0.15, 0.2) is 18.2 Å². The van der Waals surface area contributed by atoms with Crippen molar-refractivity contribution in [3.8, 4) is 0 Å². The molecule has 4 nitrogen and oxygen atoms in total. The van der Waals surface area contributed by atoms with Crippen LogP contribution in [0.5, 0.6) is 0 Å². The molecule has 3 heterocycles. The van der Waals surface area contributed by atoms with Crippen molar-refractivity contribution in [2.75, 3.05) is 36.5 Å². The molecule has 0 aromatic heterocycles. The molecule has 5 heteroatoms. The highest BCUT2D eigenvalue weighted by molar-refractivity contribution is 6.05. The standard InChI is InChI=1S/C14H16BN3O.CH4/c1-16-12-4-2-3-9-10-7-17(15)6-5-11(10)18(14(9)12)8-13(16)19;/h2-4,10-11H,5-8H2,1H3;1H4/t10?,11-;/m1./s1. The number of piperidine rings is 1. The maximum atomic E-state index is 12.1. The fourth-order valence-corrected chi connectivity index (χ4v) is 3.82. The summed E-state index contributed by atoms with van der Waals surface area (Å²) in [5.41, 5.74) is 3.67. The van der Waals surface area contributed by atoms with Gasteiger partial charge in [0.1, 0.15) is 0 Å². The SMILES string of the molecule is C.[B]N1CC[C@@H]2C(C1)c1cccc3c1N2CC(=O)N3C. The average Bonchev–Trinajstić information content (AvgIpc) is 2.71. The molecule has 0 N–H and O–H groups in total. The van der Waals surface area contributed by atoms with Gasteiger partial charge in [0.2, 0.25) is 5.91 Å². The highest BCUT2D eigenvalue weighted by atomic mass is 16.2. The van der Waals surface area contributed by atoms with Gasteiger partial charge in [-0.1, -0.05) is 19.6 Å². The van der Waals surface area contributed by atoms with Crippen molar-refractivity contribution < 1.29 is 4.79 Å². The van der Waals surface area contributed by atoms with Crippen molar-refractivity contribution in [1.82, 2.24) is 4.81 Å². The quantitative estimate of drug-likeness (QED) is 0.665. The molecule has 2 radical (unpaired) electrons. The molecular formula is C15H20BN3O. The molecule has 3 aliphatic rings. The normalized spacial score (nSPS) is 27.9. The van der Waals surface area contributed by atoms with E-state index >= 15 is 0 Å². The third kappa shape index (κ3) is 1.62. The van der Waals surface area contributed by atoms with Crippen LogP contribution in [-0.2, 0) is 4.79 Å². The zero-order valence-electron chi connectivity index (χ0n) is 11.0. The molecule has 0 saturated carbocycles. The summed E-state index contributed by atoms with van der Waals surface area (Å²) in [5.74, 6) is 0.619. The number of nitrogens with zero attached hydrogens (tertiary/aromatic N) is 3. The molecule has 0 bridgehead atoms. The highest BCUT2D eigenvalue weighted by Crippen LogP contribution is 2.50. The van der Waals surface area contributed by atoms with Gasteiger partial charge in [0.25, 0.3) is 0 Å². The maximum Gasteiger partial charge on any atom is 0.246 e. The van der Waals surface area contributed by atoms with Crippen LogP contribution in [0.3, 0.4) is 0 Å². The van der Waals surface area contributed by atoms with Crippen LogP contribution in [0.25, 0.3) is 0 Å². The summed E-state index contributed by atoms with van der Waals surface area (Å²) in [6, 6.07) is 6.73. The summed E-state index contributed by atoms with van der Waals surface area (Å²) in [6.45, 7) is 2.30. The number of carbonyl (C=O) groups is 1. The van der Waals surface area contributed by atoms with E-state index in [0.717, 1.165) is 25.2 Å². The zero-order valence-corrected chi connectivity index (χ0v) is 11.0. The van der Waals surface area contributed by atoms with Crippen molar-refractivity contribution in [3.63, 3.8) is 0 Å². The van der Waals surface area contributed by atoms with Crippen LogP contribution in [0, 0.1) is 0 Å². The van der Waals surface area contributed by atoms with Crippen molar-refractivity contribution in [2.24, 2.45) is 0 Å². The lowest BCUT2D eigenvalue weighted by Crippen LogP contribution is -2.50. The number of likely N-dealkylation sites (N-methyl/N-ethyl adjacent to an activating group) is 1. The number of anilines is 2. The van der Waals surface area contributed by atoms with Crippen LogP contribution in [0.1, 0.15) is 25.3 Å². The number of hydrogen-bond donors (Lipinski definition) is 0. The van der Waals surface area contributed by atoms with E-state index in [4.69, 9.17) is 7.98 Å². The first-order valence-corrected chi connectivity index (χ1v) is 6.82. The molecule has 0 spiro atoms. The van der Waals surface area contributed by atoms with Gasteiger partial charge in [-0.3, -0.25) is 4.79 Å². The second-order valence-corrected chi connectivity index (χ2v) is 5.75. The molecular weight excluding hydrogens is 249 g/mol. The molecule has 1 aromatic carbocycles. The molecule has 4 rings (SSSR count). The van der Waals surface area contributed by atoms with Gasteiger partial charge < -0.3 is 14.6 Å². The van der Waals surface area contributed by atoms with E-state index in [0.29, 0.717) is 18.5 Å². The van der Waals surface area contributed by atoms with E-state index in [2.05, 4.69) is 17.0 Å². The Morgan fingerprint density at radius 3 is 2.95 bits per heavy atom. The van der Waals surface area contributed by atoms with E-state index in [-0.39, 0.29) is 13.3 Å². The molecule has 104 valence electrons. The Labute approximate surface area is 121 Å². The van der Waals surface area contributed by atoms with Gasteiger partial charge in [0.05, 0.1) is 17.9 Å². The Morgan fingerprint density at radius 1 is 1.35 bits per heavy atom. The van der Waals surface area contributed by atoms with Crippen LogP contribution in [0.2, 0.25) is 0 Å². The predicted molar refractivity (Wildman–Crippen MR) is 82.4 cm³/mol. The van der Waals surface area contributed by atoms with Crippen LogP contribution in [0.4, 0.5) is 11.4 Å². The molecule has 1 saturated heterocycles. The number of benzene rings is 1. The van der Waals surface area contributed by atoms with Gasteiger partial charge in [-0.2, -0.15) is 0 Å². The maximum absolute atomic E-state index is 12.1. The molecule has 1 unspecified atom stereocenters. The third-order valence-corrected chi connectivity index (χ3v) is 4.78. The van der Waals surface area contributed by atoms with Crippen molar-refractivity contribution >= 4 is 25.3 Å². The van der Waals surface area contributed by atoms with Gasteiger partial charge in [-0.15, -0.1) is 0 Å². The monoisotopic (exact) mass is 269 g/mol. The first-order chi connectivity index (χ1) is 9.16. The fraction of sp³-hybridized carbons (Fsp3) is 0.533. The van der Waals surface area contributed by atoms with E-state index < -0.39 is 0 Å². The number of rotatable bonds is 0. The zero-order chi connectivity index (χ0) is 13.1. The van der Waals surface area contributed by atoms with Gasteiger partial charge in [-0.05, 0) is 31.1 Å². The minimum atomic E-state index is 0. The van der Waals surface area contributed by atoms with Crippen molar-refractivity contribution in [2.45, 2.75) is 25.8 Å². The third-order valence-electron chi connectivity index (χ3n) is 4.78. The van der Waals surface area contributed by atoms with Crippen molar-refractivity contribution in [3.05, 3.63) is 23.8 Å². The number of amides is 1. The molecule has 1 amide bonds. The lowest BCUT2D eigenvalue weighted by atomic mass is 9.88.